The van der Waals surface area contributed by atoms with E-state index in [-0.39, 0.29) is 24.9 Å². The summed E-state index contributed by atoms with van der Waals surface area (Å²) in [6.45, 7) is 0.281. The maximum Gasteiger partial charge on any atom is 0.279 e. The molecular formula is C11H13Cl3N3O2+. The molecule has 0 aliphatic heterocycles. The van der Waals surface area contributed by atoms with Gasteiger partial charge >= 0.3 is 0 Å². The number of nitrogens with two attached hydrogens (primary N) is 1. The van der Waals surface area contributed by atoms with Crippen molar-refractivity contribution in [1.82, 2.24) is 5.32 Å². The molecule has 0 atom stereocenters. The SMILES string of the molecule is CNC(=O)C[NH2+]CC(=O)Nc1cc(Cl)c(Cl)cc1Cl. The minimum absolute atomic E-state index is 0.101. The number of rotatable bonds is 5. The third kappa shape index (κ3) is 5.24. The lowest BCUT2D eigenvalue weighted by Gasteiger charge is -2.08. The van der Waals surface area contributed by atoms with Crippen LogP contribution in [0.4, 0.5) is 5.69 Å². The second kappa shape index (κ2) is 7.55. The Hall–Kier alpha value is -1.01. The second-order valence-corrected chi connectivity index (χ2v) is 4.89. The van der Waals surface area contributed by atoms with E-state index in [1.807, 2.05) is 0 Å². The molecule has 19 heavy (non-hydrogen) atoms. The highest BCUT2D eigenvalue weighted by Gasteiger charge is 2.11. The van der Waals surface area contributed by atoms with Gasteiger partial charge in [-0.1, -0.05) is 34.8 Å². The number of likely N-dealkylation sites (N-methyl/N-ethyl adjacent to an activating group) is 1. The first kappa shape index (κ1) is 16.0. The van der Waals surface area contributed by atoms with Crippen molar-refractivity contribution in [2.45, 2.75) is 0 Å². The monoisotopic (exact) mass is 324 g/mol. The van der Waals surface area contributed by atoms with Crippen LogP contribution in [0.15, 0.2) is 12.1 Å². The smallest absolute Gasteiger partial charge is 0.279 e. The van der Waals surface area contributed by atoms with Crippen LogP contribution < -0.4 is 16.0 Å². The lowest BCUT2D eigenvalue weighted by molar-refractivity contribution is -0.632. The molecule has 104 valence electrons. The molecule has 0 saturated carbocycles. The number of benzene rings is 1. The van der Waals surface area contributed by atoms with Crippen molar-refractivity contribution in [3.05, 3.63) is 27.2 Å². The highest BCUT2D eigenvalue weighted by molar-refractivity contribution is 6.44. The Morgan fingerprint density at radius 2 is 1.63 bits per heavy atom. The van der Waals surface area contributed by atoms with Crippen LogP contribution in [0.2, 0.25) is 15.1 Å². The Balaban J connectivity index is 2.53. The topological polar surface area (TPSA) is 74.8 Å². The number of nitrogens with one attached hydrogen (secondary N) is 2. The van der Waals surface area contributed by atoms with E-state index in [0.717, 1.165) is 0 Å². The Morgan fingerprint density at radius 1 is 1.05 bits per heavy atom. The average molecular weight is 326 g/mol. The minimum atomic E-state index is -0.288. The largest absolute Gasteiger partial charge is 0.354 e. The van der Waals surface area contributed by atoms with E-state index in [1.165, 1.54) is 19.2 Å². The molecule has 2 amide bonds. The van der Waals surface area contributed by atoms with Gasteiger partial charge in [-0.3, -0.25) is 9.59 Å². The summed E-state index contributed by atoms with van der Waals surface area (Å²) in [5.41, 5.74) is 0.384. The van der Waals surface area contributed by atoms with E-state index in [4.69, 9.17) is 34.8 Å². The van der Waals surface area contributed by atoms with E-state index in [2.05, 4.69) is 10.6 Å². The van der Waals surface area contributed by atoms with Gasteiger partial charge < -0.3 is 16.0 Å². The molecule has 1 rings (SSSR count). The number of carbonyl (C=O) groups is 2. The molecule has 0 spiro atoms. The van der Waals surface area contributed by atoms with E-state index in [1.54, 1.807) is 5.32 Å². The van der Waals surface area contributed by atoms with Crippen molar-refractivity contribution >= 4 is 52.3 Å². The van der Waals surface area contributed by atoms with Crippen LogP contribution in [-0.2, 0) is 9.59 Å². The van der Waals surface area contributed by atoms with Crippen molar-refractivity contribution in [2.75, 3.05) is 25.5 Å². The molecular weight excluding hydrogens is 312 g/mol. The Labute approximate surface area is 125 Å². The third-order valence-corrected chi connectivity index (χ3v) is 3.26. The number of halogens is 3. The highest BCUT2D eigenvalue weighted by atomic mass is 35.5. The van der Waals surface area contributed by atoms with Crippen LogP contribution in [0.1, 0.15) is 0 Å². The molecule has 0 heterocycles. The predicted molar refractivity (Wildman–Crippen MR) is 75.8 cm³/mol. The summed E-state index contributed by atoms with van der Waals surface area (Å²) < 4.78 is 0. The predicted octanol–water partition coefficient (Wildman–Crippen LogP) is 0.895. The first-order chi connectivity index (χ1) is 8.93. The molecule has 0 aromatic heterocycles. The van der Waals surface area contributed by atoms with Crippen molar-refractivity contribution in [3.63, 3.8) is 0 Å². The van der Waals surface area contributed by atoms with Gasteiger partial charge in [0.1, 0.15) is 0 Å². The minimum Gasteiger partial charge on any atom is -0.354 e. The molecule has 0 unspecified atom stereocenters. The summed E-state index contributed by atoms with van der Waals surface area (Å²) >= 11 is 17.5. The molecule has 5 nitrogen and oxygen atoms in total. The Morgan fingerprint density at radius 3 is 2.26 bits per heavy atom. The number of hydrogen-bond donors (Lipinski definition) is 3. The zero-order chi connectivity index (χ0) is 14.4. The number of amides is 2. The van der Waals surface area contributed by atoms with Gasteiger partial charge in [0.25, 0.3) is 11.8 Å². The fourth-order valence-corrected chi connectivity index (χ4v) is 1.85. The highest BCUT2D eigenvalue weighted by Crippen LogP contribution is 2.32. The Bertz CT molecular complexity index is 494. The molecule has 8 heteroatoms. The van der Waals surface area contributed by atoms with Gasteiger partial charge in [0.2, 0.25) is 0 Å². The molecule has 1 aromatic carbocycles. The van der Waals surface area contributed by atoms with E-state index in [0.29, 0.717) is 20.8 Å². The Kier molecular flexibility index (Phi) is 6.37. The van der Waals surface area contributed by atoms with E-state index < -0.39 is 0 Å². The molecule has 1 aromatic rings. The zero-order valence-electron chi connectivity index (χ0n) is 10.1. The van der Waals surface area contributed by atoms with Crippen LogP contribution in [0, 0.1) is 0 Å². The van der Waals surface area contributed by atoms with Gasteiger partial charge in [-0.25, -0.2) is 0 Å². The lowest BCUT2D eigenvalue weighted by atomic mass is 10.3. The van der Waals surface area contributed by atoms with E-state index in [9.17, 15) is 9.59 Å². The maximum atomic E-state index is 11.6. The summed E-state index contributed by atoms with van der Waals surface area (Å²) in [4.78, 5) is 22.6. The molecule has 0 aliphatic carbocycles. The summed E-state index contributed by atoms with van der Waals surface area (Å²) in [5, 5.41) is 7.54. The van der Waals surface area contributed by atoms with Crippen LogP contribution in [-0.4, -0.2) is 32.0 Å². The molecule has 4 N–H and O–H groups in total. The third-order valence-electron chi connectivity index (χ3n) is 2.22. The van der Waals surface area contributed by atoms with Gasteiger partial charge in [-0.2, -0.15) is 0 Å². The van der Waals surface area contributed by atoms with Crippen molar-refractivity contribution < 1.29 is 14.9 Å². The molecule has 0 aliphatic rings. The van der Waals surface area contributed by atoms with Gasteiger partial charge in [0.05, 0.1) is 20.8 Å². The molecule has 0 bridgehead atoms. The van der Waals surface area contributed by atoms with Crippen LogP contribution >= 0.6 is 34.8 Å². The zero-order valence-corrected chi connectivity index (χ0v) is 12.4. The summed E-state index contributed by atoms with van der Waals surface area (Å²) in [6.07, 6.45) is 0. The normalized spacial score (nSPS) is 10.1. The maximum absolute atomic E-state index is 11.6. The fraction of sp³-hybridized carbons (Fsp3) is 0.273. The van der Waals surface area contributed by atoms with Crippen LogP contribution in [0.3, 0.4) is 0 Å². The molecule has 0 radical (unpaired) electrons. The van der Waals surface area contributed by atoms with Gasteiger partial charge in [-0.05, 0) is 12.1 Å². The quantitative estimate of drug-likeness (QED) is 0.704. The van der Waals surface area contributed by atoms with Crippen molar-refractivity contribution in [3.8, 4) is 0 Å². The molecule has 0 fully saturated rings. The standard InChI is InChI=1S/C11H12Cl3N3O2/c1-15-10(18)4-16-5-11(19)17-9-3-7(13)6(12)2-8(9)14/h2-3,16H,4-5H2,1H3,(H,15,18)(H,17,19)/p+1. The molecule has 0 saturated heterocycles. The van der Waals surface area contributed by atoms with Crippen LogP contribution in [0.5, 0.6) is 0 Å². The second-order valence-electron chi connectivity index (χ2n) is 3.66. The first-order valence-corrected chi connectivity index (χ1v) is 6.54. The fourth-order valence-electron chi connectivity index (χ4n) is 1.26. The van der Waals surface area contributed by atoms with Gasteiger partial charge in [0, 0.05) is 7.05 Å². The number of quaternary nitrogens is 1. The summed E-state index contributed by atoms with van der Waals surface area (Å²) in [6, 6.07) is 2.93. The van der Waals surface area contributed by atoms with E-state index >= 15 is 0 Å². The van der Waals surface area contributed by atoms with Crippen LogP contribution in [0.25, 0.3) is 0 Å². The van der Waals surface area contributed by atoms with Crippen molar-refractivity contribution in [2.24, 2.45) is 0 Å². The number of hydrogen-bond acceptors (Lipinski definition) is 2. The summed E-state index contributed by atoms with van der Waals surface area (Å²) in [7, 11) is 1.53. The van der Waals surface area contributed by atoms with Crippen molar-refractivity contribution in [1.29, 1.82) is 0 Å². The van der Waals surface area contributed by atoms with Gasteiger partial charge in [0.15, 0.2) is 13.1 Å². The number of anilines is 1. The first-order valence-electron chi connectivity index (χ1n) is 5.40. The summed E-state index contributed by atoms with van der Waals surface area (Å²) in [5.74, 6) is -0.440. The average Bonchev–Trinajstić information content (AvgIpc) is 2.35. The van der Waals surface area contributed by atoms with Gasteiger partial charge in [-0.15, -0.1) is 0 Å². The lowest BCUT2D eigenvalue weighted by Crippen LogP contribution is -2.88. The number of carbonyl (C=O) groups excluding carboxylic acids is 2.